The smallest absolute Gasteiger partial charge is 0.335 e. The quantitative estimate of drug-likeness (QED) is 0.564. The molecule has 0 aliphatic carbocycles. The zero-order chi connectivity index (χ0) is 14.3. The first-order chi connectivity index (χ1) is 9.00. The summed E-state index contributed by atoms with van der Waals surface area (Å²) in [6, 6.07) is 6.57. The zero-order valence-electron chi connectivity index (χ0n) is 11.7. The minimum atomic E-state index is -0.924. The standard InChI is InChI=1S/C16H22O3/c1-12(2)6-4-5-11-19-13(3)14-7-9-15(10-8-14)16(17)18/h7-10,12H,3-6,11H2,1-2H3,(H,17,18). The van der Waals surface area contributed by atoms with Crippen molar-refractivity contribution in [2.45, 2.75) is 33.1 Å². The molecule has 0 unspecified atom stereocenters. The minimum Gasteiger partial charge on any atom is -0.494 e. The molecule has 0 heterocycles. The van der Waals surface area contributed by atoms with Crippen molar-refractivity contribution in [2.75, 3.05) is 6.61 Å². The molecule has 0 aliphatic rings. The van der Waals surface area contributed by atoms with Crippen LogP contribution in [0, 0.1) is 5.92 Å². The van der Waals surface area contributed by atoms with Gasteiger partial charge in [-0.2, -0.15) is 0 Å². The number of hydrogen-bond donors (Lipinski definition) is 1. The SMILES string of the molecule is C=C(OCCCCC(C)C)c1ccc(C(=O)O)cc1. The van der Waals surface area contributed by atoms with Crippen molar-refractivity contribution < 1.29 is 14.6 Å². The number of carbonyl (C=O) groups is 1. The second-order valence-electron chi connectivity index (χ2n) is 5.04. The summed E-state index contributed by atoms with van der Waals surface area (Å²) in [6.45, 7) is 8.95. The van der Waals surface area contributed by atoms with Crippen LogP contribution >= 0.6 is 0 Å². The first-order valence-electron chi connectivity index (χ1n) is 6.66. The van der Waals surface area contributed by atoms with Crippen LogP contribution < -0.4 is 0 Å². The topological polar surface area (TPSA) is 46.5 Å². The van der Waals surface area contributed by atoms with Crippen LogP contribution in [0.1, 0.15) is 49.0 Å². The third kappa shape index (κ3) is 5.60. The Morgan fingerprint density at radius 1 is 1.21 bits per heavy atom. The van der Waals surface area contributed by atoms with E-state index >= 15 is 0 Å². The maximum absolute atomic E-state index is 10.7. The van der Waals surface area contributed by atoms with Crippen molar-refractivity contribution in [2.24, 2.45) is 5.92 Å². The summed E-state index contributed by atoms with van der Waals surface area (Å²) in [7, 11) is 0. The molecular weight excluding hydrogens is 240 g/mol. The number of hydrogen-bond acceptors (Lipinski definition) is 2. The summed E-state index contributed by atoms with van der Waals surface area (Å²) in [5.41, 5.74) is 1.10. The van der Waals surface area contributed by atoms with E-state index in [1.807, 2.05) is 0 Å². The molecule has 0 spiro atoms. The molecule has 1 rings (SSSR count). The molecule has 104 valence electrons. The Labute approximate surface area is 114 Å². The van der Waals surface area contributed by atoms with Gasteiger partial charge in [-0.25, -0.2) is 4.79 Å². The molecule has 0 saturated heterocycles. The van der Waals surface area contributed by atoms with E-state index in [0.717, 1.165) is 24.3 Å². The minimum absolute atomic E-state index is 0.272. The van der Waals surface area contributed by atoms with Crippen LogP contribution in [0.4, 0.5) is 0 Å². The summed E-state index contributed by atoms with van der Waals surface area (Å²) in [4.78, 5) is 10.7. The van der Waals surface area contributed by atoms with Crippen LogP contribution in [0.2, 0.25) is 0 Å². The molecule has 0 aromatic heterocycles. The van der Waals surface area contributed by atoms with Crippen LogP contribution in [0.25, 0.3) is 5.76 Å². The number of unbranched alkanes of at least 4 members (excludes halogenated alkanes) is 1. The van der Waals surface area contributed by atoms with E-state index in [1.54, 1.807) is 24.3 Å². The monoisotopic (exact) mass is 262 g/mol. The van der Waals surface area contributed by atoms with Gasteiger partial charge in [0.2, 0.25) is 0 Å². The second-order valence-corrected chi connectivity index (χ2v) is 5.04. The molecule has 3 nitrogen and oxygen atoms in total. The predicted molar refractivity (Wildman–Crippen MR) is 77.1 cm³/mol. The average molecular weight is 262 g/mol. The average Bonchev–Trinajstić information content (AvgIpc) is 2.37. The van der Waals surface area contributed by atoms with Gasteiger partial charge in [0.25, 0.3) is 0 Å². The summed E-state index contributed by atoms with van der Waals surface area (Å²) < 4.78 is 5.57. The molecule has 0 aliphatic heterocycles. The molecule has 1 N–H and O–H groups in total. The number of aromatic carboxylic acids is 1. The molecule has 0 saturated carbocycles. The summed E-state index contributed by atoms with van der Waals surface area (Å²) in [5.74, 6) is 0.403. The molecular formula is C16H22O3. The van der Waals surface area contributed by atoms with Crippen molar-refractivity contribution in [3.63, 3.8) is 0 Å². The van der Waals surface area contributed by atoms with E-state index in [4.69, 9.17) is 9.84 Å². The number of carboxylic acid groups (broad SMARTS) is 1. The molecule has 0 fully saturated rings. The predicted octanol–water partition coefficient (Wildman–Crippen LogP) is 4.20. The molecule has 19 heavy (non-hydrogen) atoms. The van der Waals surface area contributed by atoms with Crippen LogP contribution in [0.15, 0.2) is 30.8 Å². The van der Waals surface area contributed by atoms with Crippen molar-refractivity contribution in [3.8, 4) is 0 Å². The van der Waals surface area contributed by atoms with E-state index in [-0.39, 0.29) is 5.56 Å². The Kier molecular flexibility index (Phi) is 6.13. The number of benzene rings is 1. The Bertz CT molecular complexity index is 418. The number of rotatable bonds is 8. The van der Waals surface area contributed by atoms with Crippen molar-refractivity contribution in [3.05, 3.63) is 42.0 Å². The molecule has 0 atom stereocenters. The fourth-order valence-electron chi connectivity index (χ4n) is 1.73. The van der Waals surface area contributed by atoms with Gasteiger partial charge in [0, 0.05) is 5.56 Å². The van der Waals surface area contributed by atoms with Crippen LogP contribution in [-0.2, 0) is 4.74 Å². The van der Waals surface area contributed by atoms with Crippen LogP contribution in [-0.4, -0.2) is 17.7 Å². The van der Waals surface area contributed by atoms with Gasteiger partial charge >= 0.3 is 5.97 Å². The lowest BCUT2D eigenvalue weighted by molar-refractivity contribution is 0.0697. The molecule has 3 heteroatoms. The molecule has 0 amide bonds. The van der Waals surface area contributed by atoms with Gasteiger partial charge in [0.15, 0.2) is 0 Å². The molecule has 1 aromatic carbocycles. The summed E-state index contributed by atoms with van der Waals surface area (Å²) in [6.07, 6.45) is 3.39. The van der Waals surface area contributed by atoms with Gasteiger partial charge < -0.3 is 9.84 Å². The van der Waals surface area contributed by atoms with Gasteiger partial charge in [-0.15, -0.1) is 0 Å². The fraction of sp³-hybridized carbons (Fsp3) is 0.438. The second kappa shape index (κ2) is 7.62. The Morgan fingerprint density at radius 3 is 2.32 bits per heavy atom. The summed E-state index contributed by atoms with van der Waals surface area (Å²) >= 11 is 0. The van der Waals surface area contributed by atoms with Crippen molar-refractivity contribution >= 4 is 11.7 Å². The maximum Gasteiger partial charge on any atom is 0.335 e. The Balaban J connectivity index is 2.35. The van der Waals surface area contributed by atoms with E-state index in [0.29, 0.717) is 12.4 Å². The van der Waals surface area contributed by atoms with Gasteiger partial charge in [-0.1, -0.05) is 39.0 Å². The Hall–Kier alpha value is -1.77. The van der Waals surface area contributed by atoms with Crippen LogP contribution in [0.3, 0.4) is 0 Å². The first kappa shape index (κ1) is 15.3. The fourth-order valence-corrected chi connectivity index (χ4v) is 1.73. The lowest BCUT2D eigenvalue weighted by Gasteiger charge is -2.10. The number of ether oxygens (including phenoxy) is 1. The Morgan fingerprint density at radius 2 is 1.79 bits per heavy atom. The first-order valence-corrected chi connectivity index (χ1v) is 6.66. The van der Waals surface area contributed by atoms with Gasteiger partial charge in [0.1, 0.15) is 5.76 Å². The lowest BCUT2D eigenvalue weighted by Crippen LogP contribution is -1.98. The van der Waals surface area contributed by atoms with Gasteiger partial charge in [-0.3, -0.25) is 0 Å². The maximum atomic E-state index is 10.7. The van der Waals surface area contributed by atoms with E-state index in [9.17, 15) is 4.79 Å². The van der Waals surface area contributed by atoms with E-state index < -0.39 is 5.97 Å². The van der Waals surface area contributed by atoms with E-state index in [1.165, 1.54) is 6.42 Å². The van der Waals surface area contributed by atoms with Crippen molar-refractivity contribution in [1.82, 2.24) is 0 Å². The number of carboxylic acids is 1. The highest BCUT2D eigenvalue weighted by Crippen LogP contribution is 2.16. The van der Waals surface area contributed by atoms with Gasteiger partial charge in [0.05, 0.1) is 12.2 Å². The highest BCUT2D eigenvalue weighted by Gasteiger charge is 2.04. The van der Waals surface area contributed by atoms with E-state index in [2.05, 4.69) is 20.4 Å². The highest BCUT2D eigenvalue weighted by atomic mass is 16.5. The highest BCUT2D eigenvalue weighted by molar-refractivity contribution is 5.87. The third-order valence-corrected chi connectivity index (χ3v) is 2.91. The lowest BCUT2D eigenvalue weighted by atomic mass is 10.1. The van der Waals surface area contributed by atoms with Gasteiger partial charge in [-0.05, 0) is 30.9 Å². The van der Waals surface area contributed by atoms with Crippen molar-refractivity contribution in [1.29, 1.82) is 0 Å². The third-order valence-electron chi connectivity index (χ3n) is 2.91. The molecule has 1 aromatic rings. The summed E-state index contributed by atoms with van der Waals surface area (Å²) in [5, 5.41) is 8.81. The van der Waals surface area contributed by atoms with Crippen LogP contribution in [0.5, 0.6) is 0 Å². The molecule has 0 radical (unpaired) electrons. The molecule has 0 bridgehead atoms. The zero-order valence-corrected chi connectivity index (χ0v) is 11.7. The normalized spacial score (nSPS) is 10.5. The largest absolute Gasteiger partial charge is 0.494 e.